The Morgan fingerprint density at radius 1 is 0.808 bits per heavy atom. The van der Waals surface area contributed by atoms with Gasteiger partial charge >= 0.3 is 0 Å². The highest BCUT2D eigenvalue weighted by molar-refractivity contribution is 5.85. The summed E-state index contributed by atoms with van der Waals surface area (Å²) in [5.41, 5.74) is 5.26. The molecular weight excluding hydrogens is 318 g/mol. The van der Waals surface area contributed by atoms with Crippen molar-refractivity contribution in [3.8, 4) is 16.9 Å². The number of aryl methyl sites for hydroxylation is 1. The third kappa shape index (κ3) is 2.45. The number of hydrogen-bond donors (Lipinski definition) is 0. The lowest BCUT2D eigenvalue weighted by Crippen LogP contribution is -1.93. The van der Waals surface area contributed by atoms with E-state index in [9.17, 15) is 0 Å². The highest BCUT2D eigenvalue weighted by atomic mass is 15.3. The van der Waals surface area contributed by atoms with E-state index in [2.05, 4.69) is 78.8 Å². The van der Waals surface area contributed by atoms with Crippen molar-refractivity contribution < 1.29 is 0 Å². The van der Waals surface area contributed by atoms with Gasteiger partial charge in [0.1, 0.15) is 0 Å². The summed E-state index contributed by atoms with van der Waals surface area (Å²) in [5, 5.41) is 8.19. The SMILES string of the molecule is Cc1cc(-c2cnn(-c3ccc4ccccc4c3)c2)nc2ccccc12. The summed E-state index contributed by atoms with van der Waals surface area (Å²) in [4.78, 5) is 4.81. The van der Waals surface area contributed by atoms with Crippen molar-refractivity contribution in [2.75, 3.05) is 0 Å². The lowest BCUT2D eigenvalue weighted by molar-refractivity contribution is 0.882. The van der Waals surface area contributed by atoms with Gasteiger partial charge in [-0.25, -0.2) is 9.67 Å². The Morgan fingerprint density at radius 3 is 2.54 bits per heavy atom. The first-order valence-electron chi connectivity index (χ1n) is 8.68. The van der Waals surface area contributed by atoms with Gasteiger partial charge in [-0.1, -0.05) is 48.5 Å². The number of rotatable bonds is 2. The summed E-state index contributed by atoms with van der Waals surface area (Å²) < 4.78 is 1.91. The van der Waals surface area contributed by atoms with Crippen molar-refractivity contribution >= 4 is 21.7 Å². The number of para-hydroxylation sites is 1. The highest BCUT2D eigenvalue weighted by Gasteiger charge is 2.08. The molecular formula is C23H17N3. The van der Waals surface area contributed by atoms with E-state index in [0.29, 0.717) is 0 Å². The Kier molecular flexibility index (Phi) is 3.32. The molecule has 0 atom stereocenters. The van der Waals surface area contributed by atoms with E-state index in [0.717, 1.165) is 22.5 Å². The van der Waals surface area contributed by atoms with Crippen LogP contribution in [0.2, 0.25) is 0 Å². The van der Waals surface area contributed by atoms with E-state index < -0.39 is 0 Å². The largest absolute Gasteiger partial charge is 0.248 e. The van der Waals surface area contributed by atoms with Crippen LogP contribution in [0.25, 0.3) is 38.6 Å². The van der Waals surface area contributed by atoms with Crippen molar-refractivity contribution in [3.63, 3.8) is 0 Å². The van der Waals surface area contributed by atoms with Gasteiger partial charge in [-0.2, -0.15) is 5.10 Å². The molecule has 3 aromatic carbocycles. The van der Waals surface area contributed by atoms with E-state index >= 15 is 0 Å². The zero-order valence-corrected chi connectivity index (χ0v) is 14.4. The molecule has 0 amide bonds. The summed E-state index contributed by atoms with van der Waals surface area (Å²) in [6.07, 6.45) is 3.92. The maximum Gasteiger partial charge on any atom is 0.0744 e. The molecule has 2 heterocycles. The van der Waals surface area contributed by atoms with Crippen molar-refractivity contribution in [3.05, 3.63) is 90.8 Å². The van der Waals surface area contributed by atoms with Crippen LogP contribution in [0.15, 0.2) is 85.2 Å². The first-order chi connectivity index (χ1) is 12.8. The van der Waals surface area contributed by atoms with E-state index in [4.69, 9.17) is 4.98 Å². The molecule has 0 saturated heterocycles. The molecule has 0 radical (unpaired) electrons. The second-order valence-corrected chi connectivity index (χ2v) is 6.55. The van der Waals surface area contributed by atoms with E-state index in [1.807, 2.05) is 23.1 Å². The lowest BCUT2D eigenvalue weighted by atomic mass is 10.1. The van der Waals surface area contributed by atoms with Crippen molar-refractivity contribution in [1.82, 2.24) is 14.8 Å². The molecule has 0 N–H and O–H groups in total. The van der Waals surface area contributed by atoms with Crippen LogP contribution >= 0.6 is 0 Å². The number of pyridine rings is 1. The maximum atomic E-state index is 4.81. The van der Waals surface area contributed by atoms with Crippen LogP contribution in [0.4, 0.5) is 0 Å². The minimum atomic E-state index is 0.952. The fourth-order valence-electron chi connectivity index (χ4n) is 3.41. The quantitative estimate of drug-likeness (QED) is 0.423. The average Bonchev–Trinajstić information content (AvgIpc) is 3.18. The summed E-state index contributed by atoms with van der Waals surface area (Å²) >= 11 is 0. The van der Waals surface area contributed by atoms with E-state index in [-0.39, 0.29) is 0 Å². The van der Waals surface area contributed by atoms with Gasteiger partial charge in [0.15, 0.2) is 0 Å². The molecule has 0 bridgehead atoms. The molecule has 0 spiro atoms. The van der Waals surface area contributed by atoms with E-state index in [1.165, 1.54) is 21.7 Å². The van der Waals surface area contributed by atoms with Crippen LogP contribution in [0, 0.1) is 6.92 Å². The monoisotopic (exact) mass is 335 g/mol. The van der Waals surface area contributed by atoms with Gasteiger partial charge in [-0.05, 0) is 47.5 Å². The molecule has 0 fully saturated rings. The van der Waals surface area contributed by atoms with Gasteiger partial charge in [0.25, 0.3) is 0 Å². The zero-order valence-electron chi connectivity index (χ0n) is 14.4. The lowest BCUT2D eigenvalue weighted by Gasteiger charge is -2.05. The van der Waals surface area contributed by atoms with Crippen LogP contribution in [0.1, 0.15) is 5.56 Å². The minimum Gasteiger partial charge on any atom is -0.248 e. The summed E-state index contributed by atoms with van der Waals surface area (Å²) in [6, 6.07) is 25.1. The fraction of sp³-hybridized carbons (Fsp3) is 0.0435. The summed E-state index contributed by atoms with van der Waals surface area (Å²) in [6.45, 7) is 2.13. The van der Waals surface area contributed by atoms with E-state index in [1.54, 1.807) is 0 Å². The van der Waals surface area contributed by atoms with Gasteiger partial charge < -0.3 is 0 Å². The number of hydrogen-bond acceptors (Lipinski definition) is 2. The molecule has 3 nitrogen and oxygen atoms in total. The zero-order chi connectivity index (χ0) is 17.5. The topological polar surface area (TPSA) is 30.7 Å². The number of aromatic nitrogens is 3. The van der Waals surface area contributed by atoms with Gasteiger partial charge in [0.05, 0.1) is 23.1 Å². The number of benzene rings is 3. The fourth-order valence-corrected chi connectivity index (χ4v) is 3.41. The molecule has 5 aromatic rings. The smallest absolute Gasteiger partial charge is 0.0744 e. The standard InChI is InChI=1S/C23H17N3/c1-16-12-23(25-22-9-5-4-8-21(16)22)19-14-24-26(15-19)20-11-10-17-6-2-3-7-18(17)13-20/h2-15H,1H3. The summed E-state index contributed by atoms with van der Waals surface area (Å²) in [5.74, 6) is 0. The third-order valence-corrected chi connectivity index (χ3v) is 4.80. The molecule has 0 aliphatic heterocycles. The van der Waals surface area contributed by atoms with Crippen LogP contribution < -0.4 is 0 Å². The van der Waals surface area contributed by atoms with Crippen LogP contribution in [0.5, 0.6) is 0 Å². The second-order valence-electron chi connectivity index (χ2n) is 6.55. The average molecular weight is 335 g/mol. The number of fused-ring (bicyclic) bond motifs is 2. The molecule has 2 aromatic heterocycles. The van der Waals surface area contributed by atoms with Crippen molar-refractivity contribution in [2.45, 2.75) is 6.92 Å². The predicted molar refractivity (Wildman–Crippen MR) is 107 cm³/mol. The molecule has 0 aliphatic rings. The molecule has 5 rings (SSSR count). The van der Waals surface area contributed by atoms with Gasteiger partial charge in [0.2, 0.25) is 0 Å². The second kappa shape index (κ2) is 5.81. The van der Waals surface area contributed by atoms with Crippen LogP contribution in [-0.2, 0) is 0 Å². The van der Waals surface area contributed by atoms with Gasteiger partial charge in [-0.3, -0.25) is 0 Å². The van der Waals surface area contributed by atoms with Gasteiger partial charge in [0, 0.05) is 17.1 Å². The molecule has 0 unspecified atom stereocenters. The normalized spacial score (nSPS) is 11.3. The molecule has 3 heteroatoms. The molecule has 0 aliphatic carbocycles. The van der Waals surface area contributed by atoms with Crippen molar-refractivity contribution in [2.24, 2.45) is 0 Å². The van der Waals surface area contributed by atoms with Crippen molar-refractivity contribution in [1.29, 1.82) is 0 Å². The Balaban J connectivity index is 1.59. The Hall–Kier alpha value is -3.46. The van der Waals surface area contributed by atoms with Gasteiger partial charge in [-0.15, -0.1) is 0 Å². The summed E-state index contributed by atoms with van der Waals surface area (Å²) in [7, 11) is 0. The van der Waals surface area contributed by atoms with Crippen LogP contribution in [0.3, 0.4) is 0 Å². The first kappa shape index (κ1) is 14.8. The number of nitrogens with zero attached hydrogens (tertiary/aromatic N) is 3. The third-order valence-electron chi connectivity index (χ3n) is 4.80. The Labute approximate surface area is 151 Å². The maximum absolute atomic E-state index is 4.81. The molecule has 0 saturated carbocycles. The first-order valence-corrected chi connectivity index (χ1v) is 8.68. The molecule has 26 heavy (non-hydrogen) atoms. The Bertz CT molecular complexity index is 1250. The predicted octanol–water partition coefficient (Wildman–Crippen LogP) is 5.55. The highest BCUT2D eigenvalue weighted by Crippen LogP contribution is 2.25. The van der Waals surface area contributed by atoms with Crippen LogP contribution in [-0.4, -0.2) is 14.8 Å². The Morgan fingerprint density at radius 2 is 1.62 bits per heavy atom. The minimum absolute atomic E-state index is 0.952. The molecule has 124 valence electrons.